The second kappa shape index (κ2) is 7.92. The van der Waals surface area contributed by atoms with Crippen molar-refractivity contribution in [2.75, 3.05) is 32.8 Å². The highest BCUT2D eigenvalue weighted by Crippen LogP contribution is 2.14. The normalized spacial score (nSPS) is 21.6. The summed E-state index contributed by atoms with van der Waals surface area (Å²) in [6, 6.07) is 2.58. The summed E-state index contributed by atoms with van der Waals surface area (Å²) in [5.41, 5.74) is 2.46. The van der Waals surface area contributed by atoms with Crippen molar-refractivity contribution in [3.8, 4) is 0 Å². The van der Waals surface area contributed by atoms with Gasteiger partial charge in [0.1, 0.15) is 0 Å². The lowest BCUT2D eigenvalue weighted by Gasteiger charge is -2.36. The molecule has 1 aromatic heterocycles. The van der Waals surface area contributed by atoms with Crippen molar-refractivity contribution in [2.24, 2.45) is 7.05 Å². The molecule has 0 aromatic carbocycles. The van der Waals surface area contributed by atoms with Crippen LogP contribution in [0.15, 0.2) is 6.07 Å². The zero-order valence-electron chi connectivity index (χ0n) is 13.9. The molecule has 120 valence electrons. The third-order valence-electron chi connectivity index (χ3n) is 4.36. The molecule has 0 bridgehead atoms. The molecular formula is C16H30N4O. The molecule has 1 aliphatic rings. The van der Waals surface area contributed by atoms with Crippen molar-refractivity contribution in [3.05, 3.63) is 17.5 Å². The van der Waals surface area contributed by atoms with E-state index >= 15 is 0 Å². The molecule has 1 N–H and O–H groups in total. The van der Waals surface area contributed by atoms with Gasteiger partial charge in [0.15, 0.2) is 0 Å². The Balaban J connectivity index is 2.05. The van der Waals surface area contributed by atoms with Gasteiger partial charge in [-0.3, -0.25) is 9.58 Å². The summed E-state index contributed by atoms with van der Waals surface area (Å²) in [6.45, 7) is 11.5. The standard InChI is InChI=1S/C16H30N4O/c1-5-13-10-14(19(4)18-13)11-15(17-6-2)16-12-20(7-3)8-9-21-16/h10,15-17H,5-9,11-12H2,1-4H3. The predicted molar refractivity (Wildman–Crippen MR) is 85.6 cm³/mol. The number of aryl methyl sites for hydroxylation is 2. The molecule has 1 fully saturated rings. The summed E-state index contributed by atoms with van der Waals surface area (Å²) < 4.78 is 8.05. The van der Waals surface area contributed by atoms with Gasteiger partial charge in [-0.15, -0.1) is 0 Å². The number of ether oxygens (including phenoxy) is 1. The summed E-state index contributed by atoms with van der Waals surface area (Å²) in [4.78, 5) is 2.47. The van der Waals surface area contributed by atoms with Gasteiger partial charge in [-0.05, 0) is 25.6 Å². The summed E-state index contributed by atoms with van der Waals surface area (Å²) in [6.07, 6.45) is 2.22. The van der Waals surface area contributed by atoms with Crippen LogP contribution in [-0.2, 0) is 24.6 Å². The second-order valence-electron chi connectivity index (χ2n) is 5.77. The molecule has 1 saturated heterocycles. The van der Waals surface area contributed by atoms with E-state index in [1.165, 1.54) is 11.4 Å². The molecular weight excluding hydrogens is 264 g/mol. The molecule has 2 unspecified atom stereocenters. The molecule has 0 radical (unpaired) electrons. The molecule has 1 aliphatic heterocycles. The lowest BCUT2D eigenvalue weighted by Crippen LogP contribution is -2.53. The van der Waals surface area contributed by atoms with Crippen LogP contribution in [0.1, 0.15) is 32.2 Å². The Kier molecular flexibility index (Phi) is 6.21. The number of nitrogens with one attached hydrogen (secondary N) is 1. The Morgan fingerprint density at radius 3 is 2.86 bits per heavy atom. The highest BCUT2D eigenvalue weighted by atomic mass is 16.5. The Labute approximate surface area is 128 Å². The van der Waals surface area contributed by atoms with E-state index in [1.807, 2.05) is 11.7 Å². The fourth-order valence-corrected chi connectivity index (χ4v) is 3.02. The first-order valence-corrected chi connectivity index (χ1v) is 8.27. The third kappa shape index (κ3) is 4.28. The van der Waals surface area contributed by atoms with E-state index in [1.54, 1.807) is 0 Å². The highest BCUT2D eigenvalue weighted by Gasteiger charge is 2.28. The number of rotatable bonds is 7. The number of likely N-dealkylation sites (N-methyl/N-ethyl adjacent to an activating group) is 2. The quantitative estimate of drug-likeness (QED) is 0.821. The van der Waals surface area contributed by atoms with Crippen LogP contribution in [-0.4, -0.2) is 59.6 Å². The minimum Gasteiger partial charge on any atom is -0.374 e. The van der Waals surface area contributed by atoms with Gasteiger partial charge < -0.3 is 10.1 Å². The van der Waals surface area contributed by atoms with Crippen LogP contribution in [0.25, 0.3) is 0 Å². The van der Waals surface area contributed by atoms with Gasteiger partial charge in [0.2, 0.25) is 0 Å². The maximum Gasteiger partial charge on any atom is 0.0859 e. The average Bonchev–Trinajstić information content (AvgIpc) is 2.87. The van der Waals surface area contributed by atoms with Crippen LogP contribution in [0, 0.1) is 0 Å². The molecule has 0 amide bonds. The predicted octanol–water partition coefficient (Wildman–Crippen LogP) is 1.22. The summed E-state index contributed by atoms with van der Waals surface area (Å²) in [7, 11) is 2.04. The Hall–Kier alpha value is -0.910. The van der Waals surface area contributed by atoms with Gasteiger partial charge in [0, 0.05) is 38.3 Å². The average molecular weight is 294 g/mol. The maximum absolute atomic E-state index is 6.04. The Morgan fingerprint density at radius 2 is 2.24 bits per heavy atom. The molecule has 1 aromatic rings. The topological polar surface area (TPSA) is 42.3 Å². The lowest BCUT2D eigenvalue weighted by molar-refractivity contribution is -0.0447. The van der Waals surface area contributed by atoms with Gasteiger partial charge in [0.25, 0.3) is 0 Å². The molecule has 5 nitrogen and oxygen atoms in total. The summed E-state index contributed by atoms with van der Waals surface area (Å²) in [5, 5.41) is 8.16. The maximum atomic E-state index is 6.04. The first kappa shape index (κ1) is 16.5. The van der Waals surface area contributed by atoms with E-state index in [4.69, 9.17) is 4.74 Å². The van der Waals surface area contributed by atoms with Gasteiger partial charge >= 0.3 is 0 Å². The van der Waals surface area contributed by atoms with Crippen LogP contribution < -0.4 is 5.32 Å². The molecule has 2 rings (SSSR count). The molecule has 21 heavy (non-hydrogen) atoms. The number of morpholine rings is 1. The van der Waals surface area contributed by atoms with Gasteiger partial charge in [-0.1, -0.05) is 20.8 Å². The van der Waals surface area contributed by atoms with E-state index in [2.05, 4.69) is 42.2 Å². The minimum atomic E-state index is 0.263. The third-order valence-corrected chi connectivity index (χ3v) is 4.36. The van der Waals surface area contributed by atoms with Gasteiger partial charge in [0.05, 0.1) is 18.4 Å². The summed E-state index contributed by atoms with van der Waals surface area (Å²) in [5.74, 6) is 0. The molecule has 2 atom stereocenters. The van der Waals surface area contributed by atoms with Crippen LogP contribution in [0.4, 0.5) is 0 Å². The van der Waals surface area contributed by atoms with Crippen molar-refractivity contribution in [1.82, 2.24) is 20.0 Å². The zero-order chi connectivity index (χ0) is 15.2. The zero-order valence-corrected chi connectivity index (χ0v) is 13.9. The van der Waals surface area contributed by atoms with Crippen LogP contribution in [0.2, 0.25) is 0 Å². The molecule has 0 aliphatic carbocycles. The first-order chi connectivity index (χ1) is 10.2. The lowest BCUT2D eigenvalue weighted by atomic mass is 10.0. The van der Waals surface area contributed by atoms with Crippen molar-refractivity contribution in [1.29, 1.82) is 0 Å². The molecule has 5 heteroatoms. The Bertz CT molecular complexity index is 432. The van der Waals surface area contributed by atoms with Gasteiger partial charge in [-0.2, -0.15) is 5.10 Å². The van der Waals surface area contributed by atoms with Crippen molar-refractivity contribution in [3.63, 3.8) is 0 Å². The van der Waals surface area contributed by atoms with E-state index in [-0.39, 0.29) is 6.10 Å². The smallest absolute Gasteiger partial charge is 0.0859 e. The van der Waals surface area contributed by atoms with Gasteiger partial charge in [-0.25, -0.2) is 0 Å². The van der Waals surface area contributed by atoms with Crippen molar-refractivity contribution >= 4 is 0 Å². The summed E-state index contributed by atoms with van der Waals surface area (Å²) >= 11 is 0. The first-order valence-electron chi connectivity index (χ1n) is 8.27. The van der Waals surface area contributed by atoms with Crippen LogP contribution in [0.5, 0.6) is 0 Å². The van der Waals surface area contributed by atoms with E-state index in [0.29, 0.717) is 6.04 Å². The Morgan fingerprint density at radius 1 is 1.43 bits per heavy atom. The van der Waals surface area contributed by atoms with E-state index in [9.17, 15) is 0 Å². The monoisotopic (exact) mass is 294 g/mol. The number of hydrogen-bond acceptors (Lipinski definition) is 4. The molecule has 2 heterocycles. The highest BCUT2D eigenvalue weighted by molar-refractivity contribution is 5.12. The van der Waals surface area contributed by atoms with E-state index in [0.717, 1.165) is 45.6 Å². The van der Waals surface area contributed by atoms with Crippen molar-refractivity contribution in [2.45, 2.75) is 45.8 Å². The van der Waals surface area contributed by atoms with E-state index < -0.39 is 0 Å². The fraction of sp³-hybridized carbons (Fsp3) is 0.812. The molecule has 0 saturated carbocycles. The number of nitrogens with zero attached hydrogens (tertiary/aromatic N) is 3. The fourth-order valence-electron chi connectivity index (χ4n) is 3.02. The number of hydrogen-bond donors (Lipinski definition) is 1. The second-order valence-corrected chi connectivity index (χ2v) is 5.77. The van der Waals surface area contributed by atoms with Crippen molar-refractivity contribution < 1.29 is 4.74 Å². The molecule has 0 spiro atoms. The largest absolute Gasteiger partial charge is 0.374 e. The van der Waals surface area contributed by atoms with Crippen LogP contribution in [0.3, 0.4) is 0 Å². The number of aromatic nitrogens is 2. The van der Waals surface area contributed by atoms with Crippen LogP contribution >= 0.6 is 0 Å². The minimum absolute atomic E-state index is 0.263. The SMILES string of the molecule is CCNC(Cc1cc(CC)nn1C)C1CN(CC)CCO1.